The molecule has 1 heterocycles. The topological polar surface area (TPSA) is 9.23 Å². The summed E-state index contributed by atoms with van der Waals surface area (Å²) in [4.78, 5) is 0. The van der Waals surface area contributed by atoms with Crippen molar-refractivity contribution in [2.45, 2.75) is 12.8 Å². The van der Waals surface area contributed by atoms with Crippen molar-refractivity contribution >= 4 is 0 Å². The first-order chi connectivity index (χ1) is 8.37. The summed E-state index contributed by atoms with van der Waals surface area (Å²) in [7, 11) is 0. The van der Waals surface area contributed by atoms with Crippen LogP contribution < -0.4 is 0 Å². The van der Waals surface area contributed by atoms with Crippen LogP contribution in [0.15, 0.2) is 36.5 Å². The van der Waals surface area contributed by atoms with Gasteiger partial charge in [-0.2, -0.15) is 0 Å². The molecule has 17 heavy (non-hydrogen) atoms. The molecule has 0 aromatic heterocycles. The molecular weight excluding hydrogens is 208 g/mol. The van der Waals surface area contributed by atoms with Gasteiger partial charge in [0.25, 0.3) is 0 Å². The van der Waals surface area contributed by atoms with Gasteiger partial charge in [-0.15, -0.1) is 0 Å². The molecule has 6 aliphatic rings. The molecule has 1 nitrogen and oxygen atoms in total. The lowest BCUT2D eigenvalue weighted by atomic mass is 9.33. The van der Waals surface area contributed by atoms with Crippen molar-refractivity contribution in [2.75, 3.05) is 13.2 Å². The lowest BCUT2D eigenvalue weighted by Gasteiger charge is -2.69. The van der Waals surface area contributed by atoms with Crippen molar-refractivity contribution in [3.63, 3.8) is 0 Å². The summed E-state index contributed by atoms with van der Waals surface area (Å²) in [6.45, 7) is 2.01. The van der Waals surface area contributed by atoms with Crippen LogP contribution in [-0.2, 0) is 4.74 Å². The maximum absolute atomic E-state index is 5.81. The Balaban J connectivity index is 1.75. The first-order valence-corrected chi connectivity index (χ1v) is 6.99. The highest BCUT2D eigenvalue weighted by atomic mass is 16.5. The second kappa shape index (κ2) is 2.61. The predicted octanol–water partition coefficient (Wildman–Crippen LogP) is 2.96. The second-order valence-corrected chi connectivity index (χ2v) is 6.60. The molecule has 88 valence electrons. The van der Waals surface area contributed by atoms with Crippen LogP contribution in [0.1, 0.15) is 12.8 Å². The van der Waals surface area contributed by atoms with E-state index in [4.69, 9.17) is 4.74 Å². The monoisotopic (exact) mass is 226 g/mol. The standard InChI is InChI=1S/C16H18O/c1-2-6-16-8-7-15(16,5-1)13-3-4-14(16)12-10-17-9-11(12)13/h1-4,7-8,11-14H,5-6,9-10H2/t11-,12-,13-,14-,15+,16+/m0/s1. The molecule has 0 radical (unpaired) electrons. The molecule has 1 heteroatoms. The third-order valence-corrected chi connectivity index (χ3v) is 6.43. The predicted molar refractivity (Wildman–Crippen MR) is 66.3 cm³/mol. The Hall–Kier alpha value is -0.820. The van der Waals surface area contributed by atoms with Crippen LogP contribution >= 0.6 is 0 Å². The lowest BCUT2D eigenvalue weighted by Crippen LogP contribution is -2.64. The second-order valence-electron chi connectivity index (χ2n) is 6.60. The fraction of sp³-hybridized carbons (Fsp3) is 0.625. The van der Waals surface area contributed by atoms with E-state index in [-0.39, 0.29) is 0 Å². The van der Waals surface area contributed by atoms with Gasteiger partial charge in [0.1, 0.15) is 0 Å². The molecule has 6 rings (SSSR count). The van der Waals surface area contributed by atoms with Crippen molar-refractivity contribution in [3.05, 3.63) is 36.5 Å². The highest BCUT2D eigenvalue weighted by Gasteiger charge is 2.69. The van der Waals surface area contributed by atoms with E-state index >= 15 is 0 Å². The first kappa shape index (κ1) is 9.16. The van der Waals surface area contributed by atoms with Crippen molar-refractivity contribution in [3.8, 4) is 0 Å². The molecule has 0 unspecified atom stereocenters. The van der Waals surface area contributed by atoms with Crippen molar-refractivity contribution in [1.29, 1.82) is 0 Å². The van der Waals surface area contributed by atoms with Gasteiger partial charge < -0.3 is 4.74 Å². The van der Waals surface area contributed by atoms with Gasteiger partial charge in [-0.25, -0.2) is 0 Å². The Labute approximate surface area is 102 Å². The summed E-state index contributed by atoms with van der Waals surface area (Å²) in [6, 6.07) is 0. The van der Waals surface area contributed by atoms with Gasteiger partial charge in [-0.05, 0) is 36.5 Å². The van der Waals surface area contributed by atoms with Crippen LogP contribution in [-0.4, -0.2) is 13.2 Å². The van der Waals surface area contributed by atoms with Crippen LogP contribution in [0.4, 0.5) is 0 Å². The largest absolute Gasteiger partial charge is 0.381 e. The van der Waals surface area contributed by atoms with Crippen molar-refractivity contribution in [1.82, 2.24) is 0 Å². The fourth-order valence-electron chi connectivity index (χ4n) is 5.66. The highest BCUT2D eigenvalue weighted by molar-refractivity contribution is 5.43. The number of hydrogen-bond donors (Lipinski definition) is 0. The van der Waals surface area contributed by atoms with Crippen LogP contribution in [0.5, 0.6) is 0 Å². The third kappa shape index (κ3) is 0.753. The molecule has 1 saturated carbocycles. The number of allylic oxidation sites excluding steroid dienone is 6. The maximum atomic E-state index is 5.81. The molecule has 1 saturated heterocycles. The molecule has 6 atom stereocenters. The summed E-state index contributed by atoms with van der Waals surface area (Å²) in [6.07, 6.45) is 17.5. The summed E-state index contributed by atoms with van der Waals surface area (Å²) in [5, 5.41) is 0. The number of rotatable bonds is 0. The Morgan fingerprint density at radius 2 is 1.35 bits per heavy atom. The SMILES string of the molecule is C1=CC[C@]23C=C[C@]2(C1)[C@H]1C=C[C@H]3[C@H]2COC[C@@H]21. The maximum Gasteiger partial charge on any atom is 0.0504 e. The highest BCUT2D eigenvalue weighted by Crippen LogP contribution is 2.74. The molecule has 0 spiro atoms. The normalized spacial score (nSPS) is 60.7. The summed E-state index contributed by atoms with van der Waals surface area (Å²) in [5.41, 5.74) is 0.937. The van der Waals surface area contributed by atoms with Gasteiger partial charge in [-0.1, -0.05) is 36.5 Å². The van der Waals surface area contributed by atoms with E-state index in [0.717, 1.165) is 36.9 Å². The minimum Gasteiger partial charge on any atom is -0.381 e. The summed E-state index contributed by atoms with van der Waals surface area (Å²) >= 11 is 0. The zero-order chi connectivity index (χ0) is 11.1. The Bertz CT molecular complexity index is 434. The van der Waals surface area contributed by atoms with E-state index in [0.29, 0.717) is 10.8 Å². The molecule has 0 N–H and O–H groups in total. The zero-order valence-electron chi connectivity index (χ0n) is 10.0. The average molecular weight is 226 g/mol. The van der Waals surface area contributed by atoms with E-state index in [2.05, 4.69) is 36.5 Å². The van der Waals surface area contributed by atoms with Gasteiger partial charge in [-0.3, -0.25) is 0 Å². The van der Waals surface area contributed by atoms with Crippen molar-refractivity contribution < 1.29 is 4.74 Å². The molecule has 0 aromatic rings. The number of ether oxygens (including phenoxy) is 1. The molecule has 0 aromatic carbocycles. The van der Waals surface area contributed by atoms with Crippen LogP contribution in [0.2, 0.25) is 0 Å². The van der Waals surface area contributed by atoms with Crippen LogP contribution in [0.3, 0.4) is 0 Å². The minimum absolute atomic E-state index is 0.468. The smallest absolute Gasteiger partial charge is 0.0504 e. The lowest BCUT2D eigenvalue weighted by molar-refractivity contribution is -0.0976. The Kier molecular flexibility index (Phi) is 1.41. The van der Waals surface area contributed by atoms with Crippen molar-refractivity contribution in [2.24, 2.45) is 34.5 Å². The van der Waals surface area contributed by atoms with E-state index in [1.807, 2.05) is 0 Å². The quantitative estimate of drug-likeness (QED) is 0.577. The first-order valence-electron chi connectivity index (χ1n) is 6.99. The molecule has 1 aliphatic heterocycles. The molecule has 2 fully saturated rings. The number of hydrogen-bond acceptors (Lipinski definition) is 1. The van der Waals surface area contributed by atoms with Crippen LogP contribution in [0.25, 0.3) is 0 Å². The molecule has 2 bridgehead atoms. The average Bonchev–Trinajstić information content (AvgIpc) is 2.81. The Morgan fingerprint density at radius 3 is 1.82 bits per heavy atom. The minimum atomic E-state index is 0.468. The van der Waals surface area contributed by atoms with E-state index in [1.165, 1.54) is 12.8 Å². The third-order valence-electron chi connectivity index (χ3n) is 6.43. The summed E-state index contributed by atoms with van der Waals surface area (Å²) in [5.74, 6) is 3.09. The van der Waals surface area contributed by atoms with E-state index < -0.39 is 0 Å². The van der Waals surface area contributed by atoms with Gasteiger partial charge in [0.05, 0.1) is 13.2 Å². The molecule has 0 amide bonds. The van der Waals surface area contributed by atoms with Gasteiger partial charge in [0, 0.05) is 10.8 Å². The zero-order valence-corrected chi connectivity index (χ0v) is 10.0. The molecular formula is C16H18O. The van der Waals surface area contributed by atoms with Crippen LogP contribution in [0, 0.1) is 34.5 Å². The van der Waals surface area contributed by atoms with E-state index in [9.17, 15) is 0 Å². The summed E-state index contributed by atoms with van der Waals surface area (Å²) < 4.78 is 5.81. The van der Waals surface area contributed by atoms with Gasteiger partial charge in [0.15, 0.2) is 0 Å². The van der Waals surface area contributed by atoms with E-state index in [1.54, 1.807) is 0 Å². The Morgan fingerprint density at radius 1 is 0.824 bits per heavy atom. The fourth-order valence-corrected chi connectivity index (χ4v) is 5.66. The molecule has 5 aliphatic carbocycles. The van der Waals surface area contributed by atoms with Gasteiger partial charge in [0.2, 0.25) is 0 Å². The van der Waals surface area contributed by atoms with Gasteiger partial charge >= 0.3 is 0 Å².